The summed E-state index contributed by atoms with van der Waals surface area (Å²) >= 11 is 0. The van der Waals surface area contributed by atoms with Crippen molar-refractivity contribution in [3.63, 3.8) is 0 Å². The van der Waals surface area contributed by atoms with E-state index in [9.17, 15) is 28.0 Å². The van der Waals surface area contributed by atoms with E-state index in [0.29, 0.717) is 6.42 Å². The molecule has 214 valence electrons. The van der Waals surface area contributed by atoms with Gasteiger partial charge >= 0.3 is 0 Å². The second-order valence-electron chi connectivity index (χ2n) is 10.2. The van der Waals surface area contributed by atoms with E-state index in [1.807, 2.05) is 0 Å². The third-order valence-electron chi connectivity index (χ3n) is 6.57. The van der Waals surface area contributed by atoms with Crippen molar-refractivity contribution in [2.24, 2.45) is 0 Å². The van der Waals surface area contributed by atoms with Crippen molar-refractivity contribution in [1.29, 1.82) is 0 Å². The predicted octanol–water partition coefficient (Wildman–Crippen LogP) is 6.09. The van der Waals surface area contributed by atoms with Crippen molar-refractivity contribution < 1.29 is 28.0 Å². The number of carbonyl (C=O) groups excluding carboxylic acids is 1. The van der Waals surface area contributed by atoms with Crippen molar-refractivity contribution in [1.82, 2.24) is 5.32 Å². The summed E-state index contributed by atoms with van der Waals surface area (Å²) in [5.41, 5.74) is 0. The van der Waals surface area contributed by atoms with Crippen LogP contribution in [0.4, 0.5) is 0 Å². The van der Waals surface area contributed by atoms with Gasteiger partial charge in [-0.3, -0.25) is 9.35 Å². The fourth-order valence-corrected chi connectivity index (χ4v) is 5.01. The molecule has 3 unspecified atom stereocenters. The minimum absolute atomic E-state index is 0.283. The highest BCUT2D eigenvalue weighted by molar-refractivity contribution is 7.85. The first-order chi connectivity index (χ1) is 17.2. The van der Waals surface area contributed by atoms with Crippen LogP contribution in [0.2, 0.25) is 0 Å². The Morgan fingerprint density at radius 3 is 1.67 bits per heavy atom. The highest BCUT2D eigenvalue weighted by Gasteiger charge is 2.27. The van der Waals surface area contributed by atoms with Crippen molar-refractivity contribution in [3.8, 4) is 0 Å². The first-order valence-corrected chi connectivity index (χ1v) is 16.1. The summed E-state index contributed by atoms with van der Waals surface area (Å²) in [7, 11) is -4.42. The van der Waals surface area contributed by atoms with Crippen LogP contribution in [0.25, 0.3) is 0 Å². The summed E-state index contributed by atoms with van der Waals surface area (Å²) in [6, 6.07) is -1.22. The molecular weight excluding hydrogens is 478 g/mol. The van der Waals surface area contributed by atoms with Gasteiger partial charge in [0.2, 0.25) is 5.91 Å². The summed E-state index contributed by atoms with van der Waals surface area (Å²) < 4.78 is 32.0. The lowest BCUT2D eigenvalue weighted by atomic mass is 10.0. The highest BCUT2D eigenvalue weighted by atomic mass is 32.2. The zero-order valence-corrected chi connectivity index (χ0v) is 23.8. The van der Waals surface area contributed by atoms with E-state index < -0.39 is 40.0 Å². The van der Waals surface area contributed by atoms with E-state index in [1.54, 1.807) is 6.08 Å². The minimum Gasteiger partial charge on any atom is -0.387 e. The molecule has 1 amide bonds. The smallest absolute Gasteiger partial charge is 0.267 e. The van der Waals surface area contributed by atoms with E-state index in [4.69, 9.17) is 0 Å². The monoisotopic (exact) mass is 533 g/mol. The third kappa shape index (κ3) is 22.3. The summed E-state index contributed by atoms with van der Waals surface area (Å²) in [5, 5.41) is 23.0. The summed E-state index contributed by atoms with van der Waals surface area (Å²) in [6.07, 6.45) is 21.5. The zero-order valence-electron chi connectivity index (χ0n) is 23.0. The first-order valence-electron chi connectivity index (χ1n) is 14.5. The summed E-state index contributed by atoms with van der Waals surface area (Å²) in [5.74, 6) is -1.54. The molecule has 0 bridgehead atoms. The maximum absolute atomic E-state index is 12.4. The van der Waals surface area contributed by atoms with Gasteiger partial charge in [-0.2, -0.15) is 8.42 Å². The molecule has 0 aliphatic rings. The Morgan fingerprint density at radius 2 is 1.19 bits per heavy atom. The van der Waals surface area contributed by atoms with E-state index in [0.717, 1.165) is 51.4 Å². The van der Waals surface area contributed by atoms with Crippen molar-refractivity contribution in [3.05, 3.63) is 12.2 Å². The molecule has 8 heteroatoms. The second kappa shape index (κ2) is 23.2. The Balaban J connectivity index is 4.22. The Labute approximate surface area is 221 Å². The second-order valence-corrected chi connectivity index (χ2v) is 11.7. The van der Waals surface area contributed by atoms with Crippen LogP contribution in [0.1, 0.15) is 136 Å². The number of aliphatic hydroxyl groups is 2. The van der Waals surface area contributed by atoms with Crippen LogP contribution < -0.4 is 5.32 Å². The number of aliphatic hydroxyl groups excluding tert-OH is 2. The number of amides is 1. The number of unbranched alkanes of at least 4 members (excludes halogenated alkanes) is 16. The molecule has 0 aliphatic carbocycles. The predicted molar refractivity (Wildman–Crippen MR) is 149 cm³/mol. The SMILES string of the molecule is CCCCCCC/C=C/C(O)C(CS(=O)(=O)O)NC(=O)C(O)CCCCCCCCCCCCCC. The molecule has 0 aromatic heterocycles. The van der Waals surface area contributed by atoms with Crippen LogP contribution in [-0.4, -0.2) is 53.1 Å². The normalized spacial score (nSPS) is 14.7. The third-order valence-corrected chi connectivity index (χ3v) is 7.35. The number of hydrogen-bond donors (Lipinski definition) is 4. The topological polar surface area (TPSA) is 124 Å². The van der Waals surface area contributed by atoms with Gasteiger partial charge < -0.3 is 15.5 Å². The van der Waals surface area contributed by atoms with Gasteiger partial charge in [0.25, 0.3) is 10.1 Å². The van der Waals surface area contributed by atoms with E-state index in [-0.39, 0.29) is 6.42 Å². The Hall–Kier alpha value is -0.960. The van der Waals surface area contributed by atoms with Gasteiger partial charge in [-0.15, -0.1) is 0 Å². The molecule has 0 saturated heterocycles. The van der Waals surface area contributed by atoms with Crippen LogP contribution in [0, 0.1) is 0 Å². The standard InChI is InChI=1S/C28H55NO6S/c1-3-5-7-9-11-12-13-14-15-17-19-21-23-27(31)28(32)29-25(24-36(33,34)35)26(30)22-20-18-16-10-8-6-4-2/h20,22,25-27,30-31H,3-19,21,23-24H2,1-2H3,(H,29,32)(H,33,34,35)/b22-20+. The average Bonchev–Trinajstić information content (AvgIpc) is 2.82. The number of rotatable bonds is 25. The number of nitrogens with one attached hydrogen (secondary N) is 1. The van der Waals surface area contributed by atoms with Crippen molar-refractivity contribution in [2.45, 2.75) is 154 Å². The van der Waals surface area contributed by atoms with Gasteiger partial charge in [-0.1, -0.05) is 129 Å². The van der Waals surface area contributed by atoms with E-state index in [2.05, 4.69) is 19.2 Å². The van der Waals surface area contributed by atoms with Crippen molar-refractivity contribution >= 4 is 16.0 Å². The molecule has 0 aliphatic heterocycles. The van der Waals surface area contributed by atoms with Crippen LogP contribution in [0.15, 0.2) is 12.2 Å². The molecule has 0 rings (SSSR count). The van der Waals surface area contributed by atoms with Crippen LogP contribution >= 0.6 is 0 Å². The lowest BCUT2D eigenvalue weighted by Crippen LogP contribution is -2.50. The highest BCUT2D eigenvalue weighted by Crippen LogP contribution is 2.13. The summed E-state index contributed by atoms with van der Waals surface area (Å²) in [4.78, 5) is 12.4. The Bertz CT molecular complexity index is 652. The molecule has 3 atom stereocenters. The van der Waals surface area contributed by atoms with Crippen LogP contribution in [0.3, 0.4) is 0 Å². The molecule has 0 spiro atoms. The Kier molecular flexibility index (Phi) is 22.6. The molecular formula is C28H55NO6S. The first kappa shape index (κ1) is 35.0. The lowest BCUT2D eigenvalue weighted by molar-refractivity contribution is -0.130. The molecule has 0 radical (unpaired) electrons. The largest absolute Gasteiger partial charge is 0.387 e. The van der Waals surface area contributed by atoms with Gasteiger partial charge in [0.05, 0.1) is 17.9 Å². The molecule has 0 aromatic carbocycles. The van der Waals surface area contributed by atoms with Gasteiger partial charge in [0.1, 0.15) is 6.10 Å². The number of hydrogen-bond acceptors (Lipinski definition) is 5. The van der Waals surface area contributed by atoms with Gasteiger partial charge in [0.15, 0.2) is 0 Å². The Morgan fingerprint density at radius 1 is 0.750 bits per heavy atom. The fraction of sp³-hybridized carbons (Fsp3) is 0.893. The van der Waals surface area contributed by atoms with Gasteiger partial charge in [-0.05, 0) is 19.3 Å². The molecule has 36 heavy (non-hydrogen) atoms. The average molecular weight is 534 g/mol. The maximum Gasteiger partial charge on any atom is 0.267 e. The van der Waals surface area contributed by atoms with Gasteiger partial charge in [-0.25, -0.2) is 0 Å². The quantitative estimate of drug-likeness (QED) is 0.0640. The van der Waals surface area contributed by atoms with Gasteiger partial charge in [0, 0.05) is 0 Å². The zero-order chi connectivity index (χ0) is 27.1. The van der Waals surface area contributed by atoms with Crippen LogP contribution in [-0.2, 0) is 14.9 Å². The fourth-order valence-electron chi connectivity index (χ4n) is 4.28. The number of carbonyl (C=O) groups is 1. The molecule has 0 fully saturated rings. The molecule has 0 aromatic rings. The molecule has 0 saturated carbocycles. The summed E-state index contributed by atoms with van der Waals surface area (Å²) in [6.45, 7) is 4.38. The number of allylic oxidation sites excluding steroid dienone is 1. The molecule has 7 nitrogen and oxygen atoms in total. The van der Waals surface area contributed by atoms with Crippen LogP contribution in [0.5, 0.6) is 0 Å². The van der Waals surface area contributed by atoms with E-state index >= 15 is 0 Å². The van der Waals surface area contributed by atoms with Crippen molar-refractivity contribution in [2.75, 3.05) is 5.75 Å². The maximum atomic E-state index is 12.4. The molecule has 0 heterocycles. The van der Waals surface area contributed by atoms with E-state index in [1.165, 1.54) is 63.9 Å². The molecule has 4 N–H and O–H groups in total. The minimum atomic E-state index is -4.42. The lowest BCUT2D eigenvalue weighted by Gasteiger charge is -2.22.